The van der Waals surface area contributed by atoms with Crippen molar-refractivity contribution in [2.75, 3.05) is 39.5 Å². The normalized spacial score (nSPS) is 15.2. The third-order valence-corrected chi connectivity index (χ3v) is 5.48. The zero-order valence-corrected chi connectivity index (χ0v) is 18.3. The number of benzene rings is 1. The Kier molecular flexibility index (Phi) is 6.94. The third kappa shape index (κ3) is 4.72. The van der Waals surface area contributed by atoms with Crippen LogP contribution in [0.5, 0.6) is 5.75 Å². The molecule has 0 radical (unpaired) electrons. The van der Waals surface area contributed by atoms with Crippen LogP contribution in [0.3, 0.4) is 0 Å². The molecule has 4 aromatic rings. The van der Waals surface area contributed by atoms with Gasteiger partial charge in [0.25, 0.3) is 0 Å². The van der Waals surface area contributed by atoms with E-state index in [1.54, 1.807) is 12.4 Å². The van der Waals surface area contributed by atoms with E-state index in [0.717, 1.165) is 50.5 Å². The molecule has 0 amide bonds. The first-order valence-electron chi connectivity index (χ1n) is 10.4. The molecule has 0 saturated carbocycles. The molecule has 1 aliphatic rings. The summed E-state index contributed by atoms with van der Waals surface area (Å²) in [5.74, 6) is 1.25. The Morgan fingerprint density at radius 1 is 1.12 bits per heavy atom. The van der Waals surface area contributed by atoms with E-state index in [2.05, 4.69) is 15.0 Å². The van der Waals surface area contributed by atoms with Gasteiger partial charge in [0.2, 0.25) is 0 Å². The van der Waals surface area contributed by atoms with Crippen LogP contribution in [0.2, 0.25) is 0 Å². The lowest BCUT2D eigenvalue weighted by Crippen LogP contribution is -2.37. The minimum atomic E-state index is 0. The molecule has 5 rings (SSSR count). The van der Waals surface area contributed by atoms with Crippen molar-refractivity contribution in [2.45, 2.75) is 6.42 Å². The molecule has 9 heteroatoms. The fourth-order valence-corrected chi connectivity index (χ4v) is 3.82. The summed E-state index contributed by atoms with van der Waals surface area (Å²) in [6.07, 6.45) is 4.60. The molecule has 1 fully saturated rings. The van der Waals surface area contributed by atoms with Crippen molar-refractivity contribution in [3.8, 4) is 17.2 Å². The van der Waals surface area contributed by atoms with Crippen LogP contribution in [0.15, 0.2) is 64.6 Å². The van der Waals surface area contributed by atoms with Crippen LogP contribution >= 0.6 is 12.4 Å². The number of hydrogen-bond acceptors (Lipinski definition) is 7. The minimum absolute atomic E-state index is 0. The van der Waals surface area contributed by atoms with Gasteiger partial charge in [-0.05, 0) is 42.8 Å². The van der Waals surface area contributed by atoms with E-state index < -0.39 is 0 Å². The van der Waals surface area contributed by atoms with Gasteiger partial charge in [-0.15, -0.1) is 12.4 Å². The third-order valence-electron chi connectivity index (χ3n) is 5.48. The summed E-state index contributed by atoms with van der Waals surface area (Å²) in [4.78, 5) is 6.83. The molecular weight excluding hydrogens is 432 g/mol. The maximum atomic E-state index is 9.60. The average Bonchev–Trinajstić information content (AvgIpc) is 3.30. The quantitative estimate of drug-likeness (QED) is 0.271. The highest BCUT2D eigenvalue weighted by Gasteiger charge is 2.11. The van der Waals surface area contributed by atoms with Gasteiger partial charge in [0.15, 0.2) is 5.76 Å². The Morgan fingerprint density at radius 3 is 2.84 bits per heavy atom. The van der Waals surface area contributed by atoms with Gasteiger partial charge in [-0.25, -0.2) is 4.98 Å². The second kappa shape index (κ2) is 10.0. The van der Waals surface area contributed by atoms with Crippen LogP contribution in [-0.4, -0.2) is 58.9 Å². The van der Waals surface area contributed by atoms with Crippen LogP contribution in [0, 0.1) is 0 Å². The average molecular weight is 457 g/mol. The number of nitrogens with zero attached hydrogens (tertiary/aromatic N) is 4. The van der Waals surface area contributed by atoms with Crippen molar-refractivity contribution < 1.29 is 19.1 Å². The van der Waals surface area contributed by atoms with Crippen molar-refractivity contribution in [1.82, 2.24) is 14.3 Å². The lowest BCUT2D eigenvalue weighted by atomic mass is 10.2. The molecule has 1 aliphatic heterocycles. The van der Waals surface area contributed by atoms with E-state index in [9.17, 15) is 5.21 Å². The first-order chi connectivity index (χ1) is 15.3. The predicted molar refractivity (Wildman–Crippen MR) is 122 cm³/mol. The Balaban J connectivity index is 0.00000245. The van der Waals surface area contributed by atoms with Gasteiger partial charge in [-0.1, -0.05) is 5.16 Å². The lowest BCUT2D eigenvalue weighted by molar-refractivity contribution is 0.0358. The van der Waals surface area contributed by atoms with Gasteiger partial charge in [0.1, 0.15) is 22.4 Å². The maximum absolute atomic E-state index is 9.60. The van der Waals surface area contributed by atoms with Crippen molar-refractivity contribution in [3.63, 3.8) is 0 Å². The highest BCUT2D eigenvalue weighted by atomic mass is 35.5. The van der Waals surface area contributed by atoms with Crippen LogP contribution in [-0.2, 0) is 4.74 Å². The summed E-state index contributed by atoms with van der Waals surface area (Å²) in [6.45, 7) is 5.18. The molecule has 0 atom stereocenters. The molecule has 1 N–H and O–H groups in total. The largest absolute Gasteiger partial charge is 0.494 e. The summed E-state index contributed by atoms with van der Waals surface area (Å²) in [7, 11) is 0. The van der Waals surface area contributed by atoms with Crippen molar-refractivity contribution >= 4 is 28.9 Å². The highest BCUT2D eigenvalue weighted by molar-refractivity contribution is 5.85. The number of aromatic nitrogens is 2. The fraction of sp³-hybridized carbons (Fsp3) is 0.304. The topological polar surface area (TPSA) is 84.7 Å². The van der Waals surface area contributed by atoms with Crippen LogP contribution in [0.4, 0.5) is 0 Å². The summed E-state index contributed by atoms with van der Waals surface area (Å²) in [6, 6.07) is 13.1. The van der Waals surface area contributed by atoms with E-state index in [0.29, 0.717) is 34.4 Å². The van der Waals surface area contributed by atoms with Crippen molar-refractivity contribution in [1.29, 1.82) is 0 Å². The van der Waals surface area contributed by atoms with E-state index >= 15 is 0 Å². The van der Waals surface area contributed by atoms with Crippen molar-refractivity contribution in [2.24, 2.45) is 5.16 Å². The molecule has 168 valence electrons. The number of rotatable bonds is 6. The molecule has 1 saturated heterocycles. The fourth-order valence-electron chi connectivity index (χ4n) is 3.82. The van der Waals surface area contributed by atoms with E-state index in [1.165, 1.54) is 0 Å². The van der Waals surface area contributed by atoms with E-state index in [4.69, 9.17) is 13.9 Å². The summed E-state index contributed by atoms with van der Waals surface area (Å²) >= 11 is 0. The van der Waals surface area contributed by atoms with Gasteiger partial charge in [-0.3, -0.25) is 4.90 Å². The van der Waals surface area contributed by atoms with Crippen LogP contribution in [0.25, 0.3) is 27.9 Å². The van der Waals surface area contributed by atoms with Crippen LogP contribution < -0.4 is 10.1 Å². The van der Waals surface area contributed by atoms with Crippen LogP contribution in [0.1, 0.15) is 6.42 Å². The molecule has 4 heterocycles. The highest BCUT2D eigenvalue weighted by Crippen LogP contribution is 2.24. The van der Waals surface area contributed by atoms with E-state index in [1.807, 2.05) is 47.0 Å². The summed E-state index contributed by atoms with van der Waals surface area (Å²) < 4.78 is 19.3. The second-order valence-electron chi connectivity index (χ2n) is 7.52. The Labute approximate surface area is 191 Å². The second-order valence-corrected chi connectivity index (χ2v) is 7.52. The van der Waals surface area contributed by atoms with Gasteiger partial charge in [-0.2, -0.15) is 0 Å². The Morgan fingerprint density at radius 2 is 2.00 bits per heavy atom. The zero-order chi connectivity index (χ0) is 21.0. The summed E-state index contributed by atoms with van der Waals surface area (Å²) in [5.41, 5.74) is 2.27. The first-order valence-corrected chi connectivity index (χ1v) is 10.4. The lowest BCUT2D eigenvalue weighted by Gasteiger charge is -2.26. The molecule has 8 nitrogen and oxygen atoms in total. The van der Waals surface area contributed by atoms with Gasteiger partial charge >= 0.3 is 0 Å². The molecule has 3 aromatic heterocycles. The molecule has 0 unspecified atom stereocenters. The molecule has 0 spiro atoms. The molecule has 1 aromatic carbocycles. The molecule has 0 bridgehead atoms. The smallest absolute Gasteiger partial charge is 0.155 e. The Hall–Kier alpha value is -3.07. The maximum Gasteiger partial charge on any atom is 0.155 e. The van der Waals surface area contributed by atoms with Gasteiger partial charge in [0, 0.05) is 37.4 Å². The Bertz CT molecular complexity index is 1260. The standard InChI is InChI=1S/C23H24N4O4.ClH/c28-25-20-15-23(21-13-17-3-1-7-27(17)16-24-21)31-22-5-4-18(14-19(20)22)30-10-2-6-26-8-11-29-12-9-26;/h1,3-5,7,13-16,28H,2,6,8-12H2;1H. The minimum Gasteiger partial charge on any atom is -0.494 e. The predicted octanol–water partition coefficient (Wildman–Crippen LogP) is 3.56. The van der Waals surface area contributed by atoms with E-state index in [-0.39, 0.29) is 12.4 Å². The molecule has 32 heavy (non-hydrogen) atoms. The number of fused-ring (bicyclic) bond motifs is 2. The monoisotopic (exact) mass is 456 g/mol. The SMILES string of the molecule is Cl.ON=c1cc(-c2cc3cccn3cn2)oc2ccc(OCCCN3CCOCC3)cc12. The molecular formula is C23H25ClN4O4. The molecule has 0 aliphatic carbocycles. The number of ether oxygens (including phenoxy) is 2. The first kappa shape index (κ1) is 22.1. The number of hydrogen-bond donors (Lipinski definition) is 1. The summed E-state index contributed by atoms with van der Waals surface area (Å²) in [5, 5.41) is 14.2. The van der Waals surface area contributed by atoms with Crippen molar-refractivity contribution in [3.05, 3.63) is 60.3 Å². The van der Waals surface area contributed by atoms with Gasteiger partial charge < -0.3 is 23.5 Å². The van der Waals surface area contributed by atoms with Gasteiger partial charge in [0.05, 0.1) is 31.5 Å². The number of morpholine rings is 1. The number of halogens is 1. The zero-order valence-electron chi connectivity index (χ0n) is 17.5.